The first kappa shape index (κ1) is 19.8. The minimum Gasteiger partial charge on any atom is -0.352 e. The number of amides is 1. The predicted molar refractivity (Wildman–Crippen MR) is 121 cm³/mol. The summed E-state index contributed by atoms with van der Waals surface area (Å²) in [5, 5.41) is 8.17. The number of rotatable bonds is 6. The second kappa shape index (κ2) is 8.49. The molecule has 0 radical (unpaired) electrons. The molecule has 30 heavy (non-hydrogen) atoms. The number of pyridine rings is 1. The highest BCUT2D eigenvalue weighted by Crippen LogP contribution is 2.29. The Morgan fingerprint density at radius 1 is 1.03 bits per heavy atom. The Kier molecular flexibility index (Phi) is 5.61. The Bertz CT molecular complexity index is 1170. The Balaban J connectivity index is 1.60. The van der Waals surface area contributed by atoms with Crippen LogP contribution >= 0.6 is 0 Å². The van der Waals surface area contributed by atoms with Crippen molar-refractivity contribution in [3.05, 3.63) is 83.0 Å². The summed E-state index contributed by atoms with van der Waals surface area (Å²) >= 11 is 0. The lowest BCUT2D eigenvalue weighted by Crippen LogP contribution is -2.25. The molecule has 0 aliphatic heterocycles. The van der Waals surface area contributed by atoms with Crippen molar-refractivity contribution in [2.24, 2.45) is 7.05 Å². The van der Waals surface area contributed by atoms with Crippen LogP contribution in [0, 0.1) is 13.8 Å². The van der Waals surface area contributed by atoms with Gasteiger partial charge in [0.05, 0.1) is 22.8 Å². The summed E-state index contributed by atoms with van der Waals surface area (Å²) in [6.07, 6.45) is 3.55. The van der Waals surface area contributed by atoms with Crippen molar-refractivity contribution in [2.45, 2.75) is 26.7 Å². The fourth-order valence-corrected chi connectivity index (χ4v) is 3.88. The van der Waals surface area contributed by atoms with Crippen molar-refractivity contribution in [1.29, 1.82) is 0 Å². The number of nitrogens with one attached hydrogen (secondary N) is 1. The van der Waals surface area contributed by atoms with Gasteiger partial charge < -0.3 is 5.32 Å². The van der Waals surface area contributed by atoms with E-state index in [1.165, 1.54) is 5.56 Å². The van der Waals surface area contributed by atoms with Crippen molar-refractivity contribution < 1.29 is 4.79 Å². The lowest BCUT2D eigenvalue weighted by molar-refractivity contribution is 0.0955. The van der Waals surface area contributed by atoms with Gasteiger partial charge in [0.1, 0.15) is 0 Å². The summed E-state index contributed by atoms with van der Waals surface area (Å²) in [5.74, 6) is -0.0871. The first-order valence-electron chi connectivity index (χ1n) is 10.3. The third-order valence-corrected chi connectivity index (χ3v) is 5.46. The molecule has 0 atom stereocenters. The summed E-state index contributed by atoms with van der Waals surface area (Å²) in [6, 6.07) is 18.4. The molecule has 2 aromatic carbocycles. The molecule has 0 fully saturated rings. The minimum absolute atomic E-state index is 0.0871. The van der Waals surface area contributed by atoms with Gasteiger partial charge in [-0.05, 0) is 49.4 Å². The molecule has 0 saturated heterocycles. The number of benzene rings is 2. The molecule has 0 unspecified atom stereocenters. The maximum Gasteiger partial charge on any atom is 0.252 e. The minimum atomic E-state index is -0.0871. The van der Waals surface area contributed by atoms with E-state index in [9.17, 15) is 4.79 Å². The number of fused-ring (bicyclic) bond motifs is 1. The number of nitrogens with zero attached hydrogens (tertiary/aromatic N) is 3. The Hall–Kier alpha value is -3.47. The van der Waals surface area contributed by atoms with E-state index in [4.69, 9.17) is 4.98 Å². The van der Waals surface area contributed by atoms with Crippen molar-refractivity contribution in [3.8, 4) is 11.3 Å². The Labute approximate surface area is 176 Å². The third-order valence-electron chi connectivity index (χ3n) is 5.46. The first-order chi connectivity index (χ1) is 14.5. The van der Waals surface area contributed by atoms with Crippen molar-refractivity contribution in [3.63, 3.8) is 0 Å². The molecule has 1 amide bonds. The molecule has 5 heteroatoms. The molecule has 0 bridgehead atoms. The number of carbonyl (C=O) groups excluding carboxylic acids is 1. The maximum absolute atomic E-state index is 13.1. The van der Waals surface area contributed by atoms with E-state index in [1.807, 2.05) is 37.4 Å². The van der Waals surface area contributed by atoms with Gasteiger partial charge >= 0.3 is 0 Å². The zero-order chi connectivity index (χ0) is 21.1. The molecule has 4 rings (SSSR count). The number of carbonyl (C=O) groups is 1. The molecular weight excluding hydrogens is 372 g/mol. The maximum atomic E-state index is 13.1. The Morgan fingerprint density at radius 2 is 1.77 bits per heavy atom. The van der Waals surface area contributed by atoms with E-state index < -0.39 is 0 Å². The van der Waals surface area contributed by atoms with Crippen LogP contribution in [-0.4, -0.2) is 27.2 Å². The second-order valence-corrected chi connectivity index (χ2v) is 7.67. The summed E-state index contributed by atoms with van der Waals surface area (Å²) in [7, 11) is 1.85. The van der Waals surface area contributed by atoms with E-state index in [-0.39, 0.29) is 5.91 Å². The molecule has 0 spiro atoms. The number of aryl methyl sites for hydroxylation is 4. The highest BCUT2D eigenvalue weighted by atomic mass is 16.1. The number of hydrogen-bond donors (Lipinski definition) is 1. The van der Waals surface area contributed by atoms with E-state index in [0.29, 0.717) is 17.8 Å². The molecule has 0 saturated carbocycles. The van der Waals surface area contributed by atoms with Gasteiger partial charge in [-0.25, -0.2) is 4.98 Å². The monoisotopic (exact) mass is 398 g/mol. The van der Waals surface area contributed by atoms with Gasteiger partial charge in [-0.2, -0.15) is 5.10 Å². The summed E-state index contributed by atoms with van der Waals surface area (Å²) in [4.78, 5) is 17.9. The van der Waals surface area contributed by atoms with Crippen LogP contribution in [0.4, 0.5) is 0 Å². The highest BCUT2D eigenvalue weighted by Gasteiger charge is 2.18. The molecule has 2 heterocycles. The molecule has 1 N–H and O–H groups in total. The van der Waals surface area contributed by atoms with Crippen LogP contribution < -0.4 is 5.32 Å². The summed E-state index contributed by atoms with van der Waals surface area (Å²) in [6.45, 7) is 4.76. The molecular formula is C25H26N4O. The molecule has 5 nitrogen and oxygen atoms in total. The zero-order valence-electron chi connectivity index (χ0n) is 17.6. The van der Waals surface area contributed by atoms with Crippen molar-refractivity contribution >= 4 is 16.9 Å². The second-order valence-electron chi connectivity index (χ2n) is 7.67. The van der Waals surface area contributed by atoms with E-state index in [1.54, 1.807) is 10.9 Å². The topological polar surface area (TPSA) is 59.8 Å². The van der Waals surface area contributed by atoms with Gasteiger partial charge in [-0.15, -0.1) is 0 Å². The van der Waals surface area contributed by atoms with Gasteiger partial charge in [-0.1, -0.05) is 48.5 Å². The number of aromatic nitrogens is 3. The lowest BCUT2D eigenvalue weighted by atomic mass is 9.98. The van der Waals surface area contributed by atoms with Gasteiger partial charge in [-0.3, -0.25) is 9.48 Å². The van der Waals surface area contributed by atoms with Crippen LogP contribution in [0.1, 0.15) is 33.5 Å². The van der Waals surface area contributed by atoms with E-state index in [2.05, 4.69) is 48.5 Å². The Morgan fingerprint density at radius 3 is 2.50 bits per heavy atom. The van der Waals surface area contributed by atoms with Crippen LogP contribution in [0.2, 0.25) is 0 Å². The molecule has 4 aromatic rings. The normalized spacial score (nSPS) is 11.0. The first-order valence-corrected chi connectivity index (χ1v) is 10.3. The summed E-state index contributed by atoms with van der Waals surface area (Å²) < 4.78 is 1.72. The smallest absolute Gasteiger partial charge is 0.252 e. The van der Waals surface area contributed by atoms with Crippen LogP contribution in [0.15, 0.2) is 60.8 Å². The van der Waals surface area contributed by atoms with Crippen molar-refractivity contribution in [1.82, 2.24) is 20.1 Å². The van der Waals surface area contributed by atoms with Gasteiger partial charge in [0.2, 0.25) is 0 Å². The van der Waals surface area contributed by atoms with E-state index in [0.717, 1.165) is 40.6 Å². The highest BCUT2D eigenvalue weighted by molar-refractivity contribution is 6.06. The number of hydrogen-bond acceptors (Lipinski definition) is 3. The lowest BCUT2D eigenvalue weighted by Gasteiger charge is -2.12. The fourth-order valence-electron chi connectivity index (χ4n) is 3.88. The van der Waals surface area contributed by atoms with Crippen LogP contribution in [-0.2, 0) is 13.5 Å². The van der Waals surface area contributed by atoms with Gasteiger partial charge in [0, 0.05) is 19.2 Å². The standard InChI is InChI=1S/C25H26N4O/c1-17-9-7-10-18(2)23(17)22-15-20(21-16-27-29(3)24(21)28-22)25(30)26-14-8-13-19-11-5-4-6-12-19/h4-7,9-12,15-16H,8,13-14H2,1-3H3,(H,26,30). The largest absolute Gasteiger partial charge is 0.352 e. The molecule has 2 aromatic heterocycles. The van der Waals surface area contributed by atoms with E-state index >= 15 is 0 Å². The average Bonchev–Trinajstić information content (AvgIpc) is 3.12. The summed E-state index contributed by atoms with van der Waals surface area (Å²) in [5.41, 5.74) is 6.75. The quantitative estimate of drug-likeness (QED) is 0.482. The zero-order valence-corrected chi connectivity index (χ0v) is 17.6. The van der Waals surface area contributed by atoms with Crippen molar-refractivity contribution in [2.75, 3.05) is 6.54 Å². The molecule has 0 aliphatic rings. The SMILES string of the molecule is Cc1cccc(C)c1-c1cc(C(=O)NCCCc2ccccc2)c2cnn(C)c2n1. The predicted octanol–water partition coefficient (Wildman–Crippen LogP) is 4.61. The van der Waals surface area contributed by atoms with Crippen LogP contribution in [0.3, 0.4) is 0 Å². The van der Waals surface area contributed by atoms with Crippen LogP contribution in [0.5, 0.6) is 0 Å². The van der Waals surface area contributed by atoms with Gasteiger partial charge in [0.25, 0.3) is 5.91 Å². The third kappa shape index (κ3) is 3.96. The van der Waals surface area contributed by atoms with Crippen LogP contribution in [0.25, 0.3) is 22.3 Å². The molecule has 0 aliphatic carbocycles. The average molecular weight is 399 g/mol. The fraction of sp³-hybridized carbons (Fsp3) is 0.240. The van der Waals surface area contributed by atoms with Gasteiger partial charge in [0.15, 0.2) is 5.65 Å². The molecule has 152 valence electrons.